The average molecular weight is 236 g/mol. The number of hydrogen-bond donors (Lipinski definition) is 0. The van der Waals surface area contributed by atoms with Crippen LogP contribution in [0.5, 0.6) is 0 Å². The summed E-state index contributed by atoms with van der Waals surface area (Å²) in [6.45, 7) is 6.48. The van der Waals surface area contributed by atoms with Crippen LogP contribution in [-0.4, -0.2) is 6.61 Å². The molecule has 0 aromatic carbocycles. The van der Waals surface area contributed by atoms with Crippen molar-refractivity contribution in [3.63, 3.8) is 0 Å². The Morgan fingerprint density at radius 2 is 2.08 bits per heavy atom. The molecule has 3 heteroatoms. The quantitative estimate of drug-likeness (QED) is 0.572. The van der Waals surface area contributed by atoms with Gasteiger partial charge in [-0.2, -0.15) is 0 Å². The maximum atomic E-state index is 5.27. The van der Waals surface area contributed by atoms with E-state index in [1.165, 1.54) is 0 Å². The van der Waals surface area contributed by atoms with Crippen molar-refractivity contribution in [1.82, 2.24) is 0 Å². The van der Waals surface area contributed by atoms with Gasteiger partial charge in [-0.3, -0.25) is 0 Å². The largest absolute Gasteiger partial charge is 1.00 e. The van der Waals surface area contributed by atoms with Gasteiger partial charge in [0, 0.05) is 25.9 Å². The molecule has 0 heterocycles. The van der Waals surface area contributed by atoms with Crippen molar-refractivity contribution in [2.75, 3.05) is 6.61 Å². The molecule has 0 bridgehead atoms. The van der Waals surface area contributed by atoms with Crippen molar-refractivity contribution in [3.05, 3.63) is 42.6 Å². The van der Waals surface area contributed by atoms with Gasteiger partial charge in [0.2, 0.25) is 0 Å². The molecule has 1 radical (unpaired) electrons. The normalized spacial score (nSPS) is 14.1. The predicted octanol–water partition coefficient (Wildman–Crippen LogP) is -0.761. The van der Waals surface area contributed by atoms with Gasteiger partial charge in [-0.1, -0.05) is 18.7 Å². The molecule has 0 atom stereocenters. The van der Waals surface area contributed by atoms with Crippen LogP contribution >= 0.6 is 0 Å². The summed E-state index contributed by atoms with van der Waals surface area (Å²) in [6.07, 6.45) is 7.75. The zero-order valence-electron chi connectivity index (χ0n) is 7.22. The fourth-order valence-electron chi connectivity index (χ4n) is 0.800. The van der Waals surface area contributed by atoms with E-state index < -0.39 is 0 Å². The summed E-state index contributed by atoms with van der Waals surface area (Å²) in [7, 11) is 0. The third-order valence-corrected chi connectivity index (χ3v) is 1.27. The van der Waals surface area contributed by atoms with E-state index in [-0.39, 0.29) is 31.9 Å². The van der Waals surface area contributed by atoms with E-state index in [0.29, 0.717) is 6.61 Å². The smallest absolute Gasteiger partial charge is 0.122 e. The number of ether oxygens (including phenoxy) is 1. The second kappa shape index (κ2) is 7.58. The standard InChI is InChI=1S/C9H11O.ClH.Zn/c1-3-10-9-7-5-4-6-8(9)2;;/h4-7H,2-3H2,1H3;1H;/p-1. The van der Waals surface area contributed by atoms with Crippen LogP contribution < -0.4 is 12.4 Å². The number of rotatable bonds is 2. The Morgan fingerprint density at radius 1 is 1.42 bits per heavy atom. The first kappa shape index (κ1) is 14.5. The van der Waals surface area contributed by atoms with E-state index in [4.69, 9.17) is 4.74 Å². The third-order valence-electron chi connectivity index (χ3n) is 1.27. The van der Waals surface area contributed by atoms with Gasteiger partial charge in [0.05, 0.1) is 6.61 Å². The molecule has 0 unspecified atom stereocenters. The SMILES string of the molecule is C=C1[CH]C=CC=C1OCC.[Cl-].[Zn]. The van der Waals surface area contributed by atoms with Gasteiger partial charge in [-0.25, -0.2) is 0 Å². The van der Waals surface area contributed by atoms with Crippen LogP contribution in [-0.2, 0) is 24.2 Å². The van der Waals surface area contributed by atoms with Crippen LogP contribution in [0.25, 0.3) is 0 Å². The fourth-order valence-corrected chi connectivity index (χ4v) is 0.800. The Kier molecular flexibility index (Phi) is 9.13. The summed E-state index contributed by atoms with van der Waals surface area (Å²) in [5, 5.41) is 0. The molecule has 0 aliphatic heterocycles. The number of halogens is 1. The molecule has 0 spiro atoms. The molecule has 0 fully saturated rings. The van der Waals surface area contributed by atoms with E-state index in [2.05, 4.69) is 6.58 Å². The van der Waals surface area contributed by atoms with Crippen LogP contribution in [0.4, 0.5) is 0 Å². The number of allylic oxidation sites excluding steroid dienone is 4. The minimum atomic E-state index is 0. The summed E-state index contributed by atoms with van der Waals surface area (Å²) < 4.78 is 5.27. The van der Waals surface area contributed by atoms with E-state index in [9.17, 15) is 0 Å². The van der Waals surface area contributed by atoms with Gasteiger partial charge >= 0.3 is 0 Å². The Balaban J connectivity index is 0. The summed E-state index contributed by atoms with van der Waals surface area (Å²) in [4.78, 5) is 0. The monoisotopic (exact) mass is 234 g/mol. The van der Waals surface area contributed by atoms with Crippen LogP contribution in [0.15, 0.2) is 36.1 Å². The molecule has 0 aromatic heterocycles. The molecule has 0 aromatic rings. The molecule has 1 nitrogen and oxygen atoms in total. The second-order valence-corrected chi connectivity index (χ2v) is 2.04. The van der Waals surface area contributed by atoms with Crippen LogP contribution in [0.3, 0.4) is 0 Å². The molecule has 0 saturated heterocycles. The molecule has 1 aliphatic carbocycles. The second-order valence-electron chi connectivity index (χ2n) is 2.04. The molecule has 0 amide bonds. The molecule has 63 valence electrons. The van der Waals surface area contributed by atoms with E-state index in [1.807, 2.05) is 31.6 Å². The zero-order chi connectivity index (χ0) is 7.40. The topological polar surface area (TPSA) is 9.23 Å². The van der Waals surface area contributed by atoms with Gasteiger partial charge in [0.15, 0.2) is 0 Å². The van der Waals surface area contributed by atoms with Crippen molar-refractivity contribution in [2.45, 2.75) is 6.92 Å². The maximum Gasteiger partial charge on any atom is 0.122 e. The summed E-state index contributed by atoms with van der Waals surface area (Å²) >= 11 is 0. The van der Waals surface area contributed by atoms with Crippen molar-refractivity contribution in [2.24, 2.45) is 0 Å². The van der Waals surface area contributed by atoms with Crippen LogP contribution in [0.2, 0.25) is 0 Å². The minimum Gasteiger partial charge on any atom is -1.00 e. The molecule has 12 heavy (non-hydrogen) atoms. The first-order valence-electron chi connectivity index (χ1n) is 3.38. The van der Waals surface area contributed by atoms with Gasteiger partial charge in [0.25, 0.3) is 0 Å². The number of hydrogen-bond acceptors (Lipinski definition) is 1. The molecule has 0 saturated carbocycles. The molecule has 1 aliphatic rings. The van der Waals surface area contributed by atoms with Gasteiger partial charge in [-0.05, 0) is 18.6 Å². The summed E-state index contributed by atoms with van der Waals surface area (Å²) in [6, 6.07) is 0. The van der Waals surface area contributed by atoms with Crippen molar-refractivity contribution >= 4 is 0 Å². The van der Waals surface area contributed by atoms with Crippen LogP contribution in [0.1, 0.15) is 6.92 Å². The molecular weight excluding hydrogens is 225 g/mol. The van der Waals surface area contributed by atoms with Gasteiger partial charge in [-0.15, -0.1) is 0 Å². The predicted molar refractivity (Wildman–Crippen MR) is 42.3 cm³/mol. The maximum absolute atomic E-state index is 5.27. The van der Waals surface area contributed by atoms with Crippen LogP contribution in [0, 0.1) is 6.42 Å². The van der Waals surface area contributed by atoms with Crippen molar-refractivity contribution in [3.8, 4) is 0 Å². The van der Waals surface area contributed by atoms with Crippen molar-refractivity contribution in [1.29, 1.82) is 0 Å². The Bertz CT molecular complexity index is 197. The minimum absolute atomic E-state index is 0. The molecule has 1 rings (SSSR count). The average Bonchev–Trinajstić information content (AvgIpc) is 1.94. The van der Waals surface area contributed by atoms with E-state index >= 15 is 0 Å². The molecule has 0 N–H and O–H groups in total. The van der Waals surface area contributed by atoms with Gasteiger partial charge in [0.1, 0.15) is 5.76 Å². The van der Waals surface area contributed by atoms with E-state index in [1.54, 1.807) is 0 Å². The Hall–Kier alpha value is -0.0666. The summed E-state index contributed by atoms with van der Waals surface area (Å²) in [5.74, 6) is 0.880. The third kappa shape index (κ3) is 4.08. The fraction of sp³-hybridized carbons (Fsp3) is 0.222. The Morgan fingerprint density at radius 3 is 2.58 bits per heavy atom. The van der Waals surface area contributed by atoms with Gasteiger partial charge < -0.3 is 17.1 Å². The summed E-state index contributed by atoms with van der Waals surface area (Å²) in [5.41, 5.74) is 0.948. The molecular formula is C9H11ClOZn-. The Labute approximate surface area is 92.7 Å². The zero-order valence-corrected chi connectivity index (χ0v) is 10.9. The first-order valence-corrected chi connectivity index (χ1v) is 3.38. The first-order chi connectivity index (χ1) is 4.84. The van der Waals surface area contributed by atoms with Crippen molar-refractivity contribution < 1.29 is 36.6 Å². The van der Waals surface area contributed by atoms with E-state index in [0.717, 1.165) is 11.3 Å².